The average Bonchev–Trinajstić information content (AvgIpc) is 2.40. The maximum Gasteiger partial charge on any atom is 0.437 e. The van der Waals surface area contributed by atoms with E-state index in [0.717, 1.165) is 0 Å². The number of esters is 1. The van der Waals surface area contributed by atoms with Gasteiger partial charge in [-0.1, -0.05) is 0 Å². The van der Waals surface area contributed by atoms with Gasteiger partial charge in [0.05, 0.1) is 0 Å². The molecule has 0 unspecified atom stereocenters. The van der Waals surface area contributed by atoms with Crippen LogP contribution in [0.4, 0.5) is 61.5 Å². The molecule has 0 aliphatic carbocycles. The van der Waals surface area contributed by atoms with Crippen LogP contribution in [0, 0.1) is 0 Å². The van der Waals surface area contributed by atoms with Crippen LogP contribution in [0.3, 0.4) is 0 Å². The van der Waals surface area contributed by atoms with Crippen molar-refractivity contribution in [3.8, 4) is 0 Å². The van der Waals surface area contributed by atoms with Crippen molar-refractivity contribution in [2.45, 2.75) is 42.1 Å². The SMILES string of the molecule is O=C(OCC(F)(F)C(F)(F)C(F)(F)C(F)F)C(O)(C(F)(F)F)C(F)(F)F. The molecule has 0 saturated heterocycles. The molecule has 0 aromatic heterocycles. The van der Waals surface area contributed by atoms with Crippen LogP contribution in [-0.4, -0.2) is 59.8 Å². The Balaban J connectivity index is 5.67. The Morgan fingerprint density at radius 2 is 1.15 bits per heavy atom. The number of rotatable bonds is 6. The summed E-state index contributed by atoms with van der Waals surface area (Å²) in [6.45, 7) is -3.62. The quantitative estimate of drug-likeness (QED) is 0.522. The molecule has 0 radical (unpaired) electrons. The molecular formula is C9H4F14O3. The fourth-order valence-electron chi connectivity index (χ4n) is 1.12. The van der Waals surface area contributed by atoms with E-state index in [4.69, 9.17) is 5.11 Å². The van der Waals surface area contributed by atoms with Crippen LogP contribution < -0.4 is 0 Å². The van der Waals surface area contributed by atoms with Gasteiger partial charge in [-0.25, -0.2) is 13.6 Å². The van der Waals surface area contributed by atoms with E-state index in [2.05, 4.69) is 4.74 Å². The molecule has 0 heterocycles. The maximum absolute atomic E-state index is 12.9. The highest BCUT2D eigenvalue weighted by atomic mass is 19.4. The molecule has 0 bridgehead atoms. The Kier molecular flexibility index (Phi) is 6.17. The first-order valence-corrected chi connectivity index (χ1v) is 5.52. The lowest BCUT2D eigenvalue weighted by Crippen LogP contribution is -2.64. The van der Waals surface area contributed by atoms with Gasteiger partial charge < -0.3 is 9.84 Å². The fraction of sp³-hybridized carbons (Fsp3) is 0.889. The Hall–Kier alpha value is -1.55. The Bertz CT molecular complexity index is 505. The van der Waals surface area contributed by atoms with Gasteiger partial charge in [0.1, 0.15) is 0 Å². The summed E-state index contributed by atoms with van der Waals surface area (Å²) in [7, 11) is 0. The van der Waals surface area contributed by atoms with Crippen LogP contribution in [-0.2, 0) is 9.53 Å². The first kappa shape index (κ1) is 24.5. The van der Waals surface area contributed by atoms with E-state index in [1.165, 1.54) is 0 Å². The van der Waals surface area contributed by atoms with Gasteiger partial charge in [-0.2, -0.15) is 52.7 Å². The van der Waals surface area contributed by atoms with E-state index in [0.29, 0.717) is 0 Å². The highest BCUT2D eigenvalue weighted by Gasteiger charge is 2.78. The summed E-state index contributed by atoms with van der Waals surface area (Å²) in [6.07, 6.45) is -19.3. The first-order chi connectivity index (χ1) is 11.1. The summed E-state index contributed by atoms with van der Waals surface area (Å²) in [5.74, 6) is -24.4. The lowest BCUT2D eigenvalue weighted by atomic mass is 10.0. The molecule has 156 valence electrons. The minimum Gasteiger partial charge on any atom is -0.456 e. The monoisotopic (exact) mass is 426 g/mol. The summed E-state index contributed by atoms with van der Waals surface area (Å²) in [5, 5.41) is 8.38. The van der Waals surface area contributed by atoms with Crippen LogP contribution in [0.5, 0.6) is 0 Å². The van der Waals surface area contributed by atoms with E-state index < -0.39 is 54.7 Å². The smallest absolute Gasteiger partial charge is 0.437 e. The lowest BCUT2D eigenvalue weighted by Gasteiger charge is -2.33. The van der Waals surface area contributed by atoms with Crippen molar-refractivity contribution in [2.75, 3.05) is 6.61 Å². The van der Waals surface area contributed by atoms with Gasteiger partial charge in [0.2, 0.25) is 0 Å². The third-order valence-corrected chi connectivity index (χ3v) is 2.65. The molecule has 0 aliphatic rings. The number of ether oxygens (including phenoxy) is 1. The predicted molar refractivity (Wildman–Crippen MR) is 48.9 cm³/mol. The van der Waals surface area contributed by atoms with E-state index in [1.54, 1.807) is 0 Å². The normalized spacial score (nSPS) is 15.4. The molecule has 0 aromatic carbocycles. The minimum atomic E-state index is -7.05. The summed E-state index contributed by atoms with van der Waals surface area (Å²) >= 11 is 0. The van der Waals surface area contributed by atoms with Crippen LogP contribution >= 0.6 is 0 Å². The molecular weight excluding hydrogens is 422 g/mol. The molecule has 0 rings (SSSR count). The molecule has 0 saturated carbocycles. The van der Waals surface area contributed by atoms with Crippen molar-refractivity contribution >= 4 is 5.97 Å². The number of hydrogen-bond donors (Lipinski definition) is 1. The molecule has 26 heavy (non-hydrogen) atoms. The molecule has 0 fully saturated rings. The molecule has 0 aromatic rings. The standard InChI is InChI=1S/C9H4F14O3/c10-2(11)6(14,15)7(16,17)4(12,13)1-26-3(24)5(25,8(18,19)20)9(21,22)23/h2,25H,1H2. The molecule has 17 heteroatoms. The van der Waals surface area contributed by atoms with Gasteiger partial charge in [-0.05, 0) is 0 Å². The van der Waals surface area contributed by atoms with E-state index in [1.807, 2.05) is 0 Å². The summed E-state index contributed by atoms with van der Waals surface area (Å²) in [6, 6.07) is 0. The largest absolute Gasteiger partial charge is 0.456 e. The first-order valence-electron chi connectivity index (χ1n) is 5.52. The Labute approximate surface area is 132 Å². The second-order valence-electron chi connectivity index (χ2n) is 4.48. The fourth-order valence-corrected chi connectivity index (χ4v) is 1.12. The number of halogens is 14. The number of carbonyl (C=O) groups excluding carboxylic acids is 1. The van der Waals surface area contributed by atoms with Gasteiger partial charge in [-0.3, -0.25) is 0 Å². The zero-order valence-corrected chi connectivity index (χ0v) is 11.3. The highest BCUT2D eigenvalue weighted by molar-refractivity contribution is 5.81. The molecule has 0 spiro atoms. The van der Waals surface area contributed by atoms with Gasteiger partial charge in [0.25, 0.3) is 0 Å². The Morgan fingerprint density at radius 3 is 1.42 bits per heavy atom. The van der Waals surface area contributed by atoms with E-state index in [9.17, 15) is 66.3 Å². The molecule has 0 aliphatic heterocycles. The van der Waals surface area contributed by atoms with Gasteiger partial charge >= 0.3 is 48.1 Å². The Morgan fingerprint density at radius 1 is 0.808 bits per heavy atom. The molecule has 3 nitrogen and oxygen atoms in total. The van der Waals surface area contributed by atoms with E-state index >= 15 is 0 Å². The van der Waals surface area contributed by atoms with Crippen molar-refractivity contribution in [1.82, 2.24) is 0 Å². The van der Waals surface area contributed by atoms with Gasteiger partial charge in [-0.15, -0.1) is 0 Å². The second-order valence-corrected chi connectivity index (χ2v) is 4.48. The maximum atomic E-state index is 12.9. The van der Waals surface area contributed by atoms with Crippen molar-refractivity contribution < 1.29 is 76.1 Å². The topological polar surface area (TPSA) is 46.5 Å². The highest BCUT2D eigenvalue weighted by Crippen LogP contribution is 2.49. The van der Waals surface area contributed by atoms with Crippen LogP contribution in [0.1, 0.15) is 0 Å². The number of aliphatic hydroxyl groups is 1. The summed E-state index contributed by atoms with van der Waals surface area (Å²) in [4.78, 5) is 10.7. The second kappa shape index (κ2) is 6.56. The zero-order valence-electron chi connectivity index (χ0n) is 11.3. The number of alkyl halides is 14. The summed E-state index contributed by atoms with van der Waals surface area (Å²) < 4.78 is 175. The van der Waals surface area contributed by atoms with Crippen molar-refractivity contribution in [1.29, 1.82) is 0 Å². The number of hydrogen-bond acceptors (Lipinski definition) is 3. The molecule has 1 N–H and O–H groups in total. The van der Waals surface area contributed by atoms with Gasteiger partial charge in [0, 0.05) is 0 Å². The average molecular weight is 426 g/mol. The van der Waals surface area contributed by atoms with Crippen molar-refractivity contribution in [2.24, 2.45) is 0 Å². The molecule has 0 atom stereocenters. The minimum absolute atomic E-state index is 2.55. The number of carbonyl (C=O) groups is 1. The van der Waals surface area contributed by atoms with Crippen molar-refractivity contribution in [3.63, 3.8) is 0 Å². The lowest BCUT2D eigenvalue weighted by molar-refractivity contribution is -0.364. The van der Waals surface area contributed by atoms with E-state index in [-0.39, 0.29) is 0 Å². The van der Waals surface area contributed by atoms with Crippen LogP contribution in [0.2, 0.25) is 0 Å². The van der Waals surface area contributed by atoms with Crippen molar-refractivity contribution in [3.05, 3.63) is 0 Å². The molecule has 0 amide bonds. The third-order valence-electron chi connectivity index (χ3n) is 2.65. The third kappa shape index (κ3) is 3.75. The van der Waals surface area contributed by atoms with Crippen LogP contribution in [0.15, 0.2) is 0 Å². The predicted octanol–water partition coefficient (Wildman–Crippen LogP) is 3.56. The van der Waals surface area contributed by atoms with Crippen LogP contribution in [0.25, 0.3) is 0 Å². The van der Waals surface area contributed by atoms with Gasteiger partial charge in [0.15, 0.2) is 6.61 Å². The zero-order chi connectivity index (χ0) is 21.6. The summed E-state index contributed by atoms with van der Waals surface area (Å²) in [5.41, 5.74) is -6.48.